The van der Waals surface area contributed by atoms with Crippen LogP contribution in [-0.2, 0) is 9.59 Å². The summed E-state index contributed by atoms with van der Waals surface area (Å²) in [6.07, 6.45) is 0. The first kappa shape index (κ1) is 16.0. The third-order valence-corrected chi connectivity index (χ3v) is 2.83. The number of amides is 1. The second-order valence-corrected chi connectivity index (χ2v) is 5.14. The lowest BCUT2D eigenvalue weighted by Gasteiger charge is -2.16. The molecule has 0 radical (unpaired) electrons. The molecule has 0 fully saturated rings. The van der Waals surface area contributed by atoms with Crippen LogP contribution in [-0.4, -0.2) is 29.6 Å². The van der Waals surface area contributed by atoms with Gasteiger partial charge in [0.2, 0.25) is 5.91 Å². The molecule has 0 heterocycles. The number of carbonyl (C=O) groups excluding carboxylic acids is 1. The van der Waals surface area contributed by atoms with Crippen LogP contribution in [0.2, 0.25) is 0 Å². The van der Waals surface area contributed by atoms with Gasteiger partial charge in [-0.25, -0.2) is 4.79 Å². The minimum Gasteiger partial charge on any atom is -0.491 e. The van der Waals surface area contributed by atoms with Crippen molar-refractivity contribution < 1.29 is 19.4 Å². The van der Waals surface area contributed by atoms with Crippen LogP contribution in [0, 0.1) is 6.92 Å². The first-order valence-corrected chi connectivity index (χ1v) is 6.54. The lowest BCUT2D eigenvalue weighted by Crippen LogP contribution is -2.43. The fourth-order valence-electron chi connectivity index (χ4n) is 1.79. The Balaban J connectivity index is 2.77. The van der Waals surface area contributed by atoms with Crippen molar-refractivity contribution in [3.05, 3.63) is 29.3 Å². The van der Waals surface area contributed by atoms with Crippen LogP contribution in [0.4, 0.5) is 0 Å². The van der Waals surface area contributed by atoms with Gasteiger partial charge in [0, 0.05) is 6.92 Å². The molecule has 0 aliphatic carbocycles. The lowest BCUT2D eigenvalue weighted by atomic mass is 10.0. The molecular weight excluding hydrogens is 258 g/mol. The Morgan fingerprint density at radius 1 is 1.30 bits per heavy atom. The number of hydrogen-bond donors (Lipinski definition) is 2. The number of rotatable bonds is 6. The Kier molecular flexibility index (Phi) is 5.55. The predicted molar refractivity (Wildman–Crippen MR) is 76.0 cm³/mol. The Morgan fingerprint density at radius 3 is 2.45 bits per heavy atom. The largest absolute Gasteiger partial charge is 0.491 e. The molecule has 0 aliphatic rings. The van der Waals surface area contributed by atoms with Gasteiger partial charge in [-0.2, -0.15) is 0 Å². The predicted octanol–water partition coefficient (Wildman–Crippen LogP) is 2.09. The van der Waals surface area contributed by atoms with Crippen LogP contribution in [0.5, 0.6) is 5.75 Å². The topological polar surface area (TPSA) is 75.6 Å². The van der Waals surface area contributed by atoms with Crippen molar-refractivity contribution >= 4 is 11.9 Å². The molecule has 0 saturated heterocycles. The number of carbonyl (C=O) groups is 2. The highest BCUT2D eigenvalue weighted by molar-refractivity contribution is 5.82. The Hall–Kier alpha value is -2.04. The van der Waals surface area contributed by atoms with Crippen molar-refractivity contribution in [2.75, 3.05) is 6.61 Å². The number of hydrogen-bond acceptors (Lipinski definition) is 3. The summed E-state index contributed by atoms with van der Waals surface area (Å²) in [6.45, 7) is 7.29. The average Bonchev–Trinajstić information content (AvgIpc) is 2.33. The van der Waals surface area contributed by atoms with E-state index in [-0.39, 0.29) is 6.61 Å². The molecular formula is C15H21NO4. The molecule has 1 aromatic carbocycles. The molecule has 1 amide bonds. The standard InChI is InChI=1S/C15H21NO4/c1-9(2)12-5-10(3)6-13(7-12)20-8-14(15(18)19)16-11(4)17/h5-7,9,14H,8H2,1-4H3,(H,16,17)(H,18,19). The zero-order valence-electron chi connectivity index (χ0n) is 12.3. The number of aryl methyl sites for hydroxylation is 1. The third-order valence-electron chi connectivity index (χ3n) is 2.83. The molecule has 1 aromatic rings. The van der Waals surface area contributed by atoms with Gasteiger partial charge in [-0.1, -0.05) is 19.9 Å². The fraction of sp³-hybridized carbons (Fsp3) is 0.467. The number of carboxylic acids is 1. The molecule has 1 rings (SSSR count). The van der Waals surface area contributed by atoms with Crippen LogP contribution < -0.4 is 10.1 Å². The van der Waals surface area contributed by atoms with Crippen molar-refractivity contribution in [1.29, 1.82) is 0 Å². The maximum absolute atomic E-state index is 11.0. The normalized spacial score (nSPS) is 12.1. The fourth-order valence-corrected chi connectivity index (χ4v) is 1.79. The Labute approximate surface area is 118 Å². The quantitative estimate of drug-likeness (QED) is 0.836. The van der Waals surface area contributed by atoms with Crippen molar-refractivity contribution in [3.8, 4) is 5.75 Å². The van der Waals surface area contributed by atoms with Gasteiger partial charge in [-0.15, -0.1) is 0 Å². The van der Waals surface area contributed by atoms with Gasteiger partial charge in [-0.3, -0.25) is 4.79 Å². The molecule has 5 nitrogen and oxygen atoms in total. The van der Waals surface area contributed by atoms with Crippen molar-refractivity contribution in [1.82, 2.24) is 5.32 Å². The zero-order valence-corrected chi connectivity index (χ0v) is 12.3. The van der Waals surface area contributed by atoms with Gasteiger partial charge in [0.15, 0.2) is 6.04 Å². The molecule has 0 aliphatic heterocycles. The minimum atomic E-state index is -1.11. The molecule has 0 spiro atoms. The van der Waals surface area contributed by atoms with Crippen LogP contribution in [0.15, 0.2) is 18.2 Å². The molecule has 0 aromatic heterocycles. The van der Waals surface area contributed by atoms with E-state index in [0.717, 1.165) is 11.1 Å². The molecule has 0 saturated carbocycles. The van der Waals surface area contributed by atoms with E-state index >= 15 is 0 Å². The Morgan fingerprint density at radius 2 is 1.95 bits per heavy atom. The van der Waals surface area contributed by atoms with E-state index in [4.69, 9.17) is 9.84 Å². The summed E-state index contributed by atoms with van der Waals surface area (Å²) in [5, 5.41) is 11.3. The van der Waals surface area contributed by atoms with Gasteiger partial charge < -0.3 is 15.2 Å². The van der Waals surface area contributed by atoms with E-state index < -0.39 is 17.9 Å². The van der Waals surface area contributed by atoms with Crippen LogP contribution in [0.3, 0.4) is 0 Å². The van der Waals surface area contributed by atoms with Gasteiger partial charge in [0.1, 0.15) is 12.4 Å². The van der Waals surface area contributed by atoms with Crippen molar-refractivity contribution in [2.45, 2.75) is 39.7 Å². The van der Waals surface area contributed by atoms with Gasteiger partial charge >= 0.3 is 5.97 Å². The number of benzene rings is 1. The molecule has 2 N–H and O–H groups in total. The maximum atomic E-state index is 11.0. The monoisotopic (exact) mass is 279 g/mol. The number of carboxylic acid groups (broad SMARTS) is 1. The minimum absolute atomic E-state index is 0.101. The summed E-state index contributed by atoms with van der Waals surface area (Å²) < 4.78 is 5.51. The molecule has 5 heteroatoms. The molecule has 0 bridgehead atoms. The highest BCUT2D eigenvalue weighted by atomic mass is 16.5. The number of nitrogens with one attached hydrogen (secondary N) is 1. The molecule has 110 valence electrons. The first-order valence-electron chi connectivity index (χ1n) is 6.54. The third kappa shape index (κ3) is 4.91. The van der Waals surface area contributed by atoms with Crippen molar-refractivity contribution in [2.24, 2.45) is 0 Å². The highest BCUT2D eigenvalue weighted by Gasteiger charge is 2.19. The second-order valence-electron chi connectivity index (χ2n) is 5.14. The van der Waals surface area contributed by atoms with Gasteiger partial charge in [0.05, 0.1) is 0 Å². The van der Waals surface area contributed by atoms with E-state index in [1.807, 2.05) is 19.1 Å². The highest BCUT2D eigenvalue weighted by Crippen LogP contribution is 2.22. The summed E-state index contributed by atoms with van der Waals surface area (Å²) >= 11 is 0. The average molecular weight is 279 g/mol. The van der Waals surface area contributed by atoms with E-state index in [2.05, 4.69) is 25.2 Å². The Bertz CT molecular complexity index is 497. The van der Waals surface area contributed by atoms with Gasteiger partial charge in [-0.05, 0) is 36.1 Å². The smallest absolute Gasteiger partial charge is 0.329 e. The van der Waals surface area contributed by atoms with Crippen LogP contribution in [0.25, 0.3) is 0 Å². The molecule has 20 heavy (non-hydrogen) atoms. The summed E-state index contributed by atoms with van der Waals surface area (Å²) in [4.78, 5) is 21.9. The van der Waals surface area contributed by atoms with E-state index in [1.165, 1.54) is 6.92 Å². The van der Waals surface area contributed by atoms with Crippen LogP contribution in [0.1, 0.15) is 37.8 Å². The summed E-state index contributed by atoms with van der Waals surface area (Å²) in [6, 6.07) is 4.76. The van der Waals surface area contributed by atoms with E-state index in [1.54, 1.807) is 0 Å². The maximum Gasteiger partial charge on any atom is 0.329 e. The van der Waals surface area contributed by atoms with Crippen LogP contribution >= 0.6 is 0 Å². The molecule has 1 atom stereocenters. The number of aliphatic carboxylic acids is 1. The number of ether oxygens (including phenoxy) is 1. The van der Waals surface area contributed by atoms with E-state index in [9.17, 15) is 9.59 Å². The second kappa shape index (κ2) is 6.93. The van der Waals surface area contributed by atoms with Gasteiger partial charge in [0.25, 0.3) is 0 Å². The summed E-state index contributed by atoms with van der Waals surface area (Å²) in [7, 11) is 0. The van der Waals surface area contributed by atoms with Crippen molar-refractivity contribution in [3.63, 3.8) is 0 Å². The summed E-state index contributed by atoms with van der Waals surface area (Å²) in [5.74, 6) is -0.529. The zero-order chi connectivity index (χ0) is 15.3. The summed E-state index contributed by atoms with van der Waals surface area (Å²) in [5.41, 5.74) is 2.18. The van der Waals surface area contributed by atoms with E-state index in [0.29, 0.717) is 11.7 Å². The molecule has 1 unspecified atom stereocenters. The first-order chi connectivity index (χ1) is 9.29. The lowest BCUT2D eigenvalue weighted by molar-refractivity contribution is -0.142. The SMILES string of the molecule is CC(=O)NC(COc1cc(C)cc(C(C)C)c1)C(=O)O.